The fourth-order valence-electron chi connectivity index (χ4n) is 6.62. The number of ketones is 3. The molecule has 3 fully saturated rings. The van der Waals surface area contributed by atoms with Crippen LogP contribution in [0.4, 0.5) is 0 Å². The third-order valence-electron chi connectivity index (χ3n) is 10.8. The van der Waals surface area contributed by atoms with E-state index < -0.39 is 35.4 Å². The largest absolute Gasteiger partial charge is 0.464 e. The van der Waals surface area contributed by atoms with Crippen LogP contribution < -0.4 is 0 Å². The third-order valence-corrected chi connectivity index (χ3v) is 11.2. The van der Waals surface area contributed by atoms with Crippen LogP contribution in [-0.2, 0) is 51.8 Å². The Labute approximate surface area is 424 Å². The van der Waals surface area contributed by atoms with Crippen LogP contribution in [0.15, 0.2) is 47.6 Å². The van der Waals surface area contributed by atoms with Gasteiger partial charge in [-0.25, -0.2) is 4.79 Å². The number of methoxy groups -OCH3 is 3. The first-order valence-corrected chi connectivity index (χ1v) is 26.2. The maximum Gasteiger partial charge on any atom is 0.328 e. The van der Waals surface area contributed by atoms with Gasteiger partial charge in [-0.1, -0.05) is 103 Å². The molecule has 404 valence electrons. The molecule has 2 N–H and O–H groups in total. The molecule has 0 aromatic heterocycles. The average molecular weight is 1000 g/mol. The quantitative estimate of drug-likeness (QED) is 0.0409. The highest BCUT2D eigenvalue weighted by Crippen LogP contribution is 2.31. The molecule has 1 saturated carbocycles. The lowest BCUT2D eigenvalue weighted by atomic mass is 9.88. The standard InChI is InChI=1S/C23H36O3S.C17H27NO6.C6H12O.3C2H6O.C2H6/c1-7-18(2)13-11-9-8-10-12-14-19(3)22(25)17-23(26-27-6)20(4)15-16-21(5)24;1-3-10-23-16(21)13-8-4-5-9-18(13)15(20)14(19)17(22)12(2)7-6-11-24-17;7-6-4-2-1-3-5-6;3*1-3-2;1-2/h8-11,13,15,19,23H,7,12,14,16-17H2,1-6H3;12-13,22H,3-11H2,1-2H3;6-7H,1-5H2;3*1-2H3;1-2H3/b10-8+,11-9+,18-13+,20-15+;;;;;;. The van der Waals surface area contributed by atoms with Gasteiger partial charge in [-0.2, -0.15) is 0 Å². The molecule has 3 aliphatic rings. The van der Waals surface area contributed by atoms with Gasteiger partial charge in [0, 0.05) is 80.1 Å². The van der Waals surface area contributed by atoms with E-state index in [-0.39, 0.29) is 42.9 Å². The van der Waals surface area contributed by atoms with Crippen molar-refractivity contribution in [2.45, 2.75) is 189 Å². The summed E-state index contributed by atoms with van der Waals surface area (Å²) in [6.45, 7) is 18.1. The van der Waals surface area contributed by atoms with Gasteiger partial charge < -0.3 is 43.0 Å². The molecular formula is C54H99NO13S. The van der Waals surface area contributed by atoms with E-state index >= 15 is 0 Å². The molecule has 5 atom stereocenters. The van der Waals surface area contributed by atoms with Crippen LogP contribution in [0.25, 0.3) is 0 Å². The van der Waals surface area contributed by atoms with E-state index in [1.54, 1.807) is 56.5 Å². The number of aliphatic hydroxyl groups is 2. The van der Waals surface area contributed by atoms with Crippen molar-refractivity contribution in [3.63, 3.8) is 0 Å². The Balaban J connectivity index is -0.000000453. The van der Waals surface area contributed by atoms with Crippen molar-refractivity contribution in [1.82, 2.24) is 4.90 Å². The number of esters is 1. The lowest BCUT2D eigenvalue weighted by Gasteiger charge is -2.39. The van der Waals surface area contributed by atoms with Crippen molar-refractivity contribution in [3.8, 4) is 0 Å². The molecule has 0 spiro atoms. The molecule has 15 heteroatoms. The van der Waals surface area contributed by atoms with Gasteiger partial charge in [0.2, 0.25) is 5.79 Å². The number of hydrogen-bond acceptors (Lipinski definition) is 14. The molecule has 14 nitrogen and oxygen atoms in total. The van der Waals surface area contributed by atoms with Crippen molar-refractivity contribution in [2.75, 3.05) is 68.7 Å². The lowest BCUT2D eigenvalue weighted by molar-refractivity contribution is -0.240. The van der Waals surface area contributed by atoms with Crippen molar-refractivity contribution in [1.29, 1.82) is 0 Å². The predicted octanol–water partition coefficient (Wildman–Crippen LogP) is 10.6. The maximum absolute atomic E-state index is 12.7. The number of piperidine rings is 1. The van der Waals surface area contributed by atoms with E-state index in [4.69, 9.17) is 18.8 Å². The Hall–Kier alpha value is -3.02. The van der Waals surface area contributed by atoms with E-state index in [0.717, 1.165) is 50.5 Å². The second-order valence-electron chi connectivity index (χ2n) is 17.0. The normalized spacial score (nSPS) is 20.2. The second-order valence-corrected chi connectivity index (χ2v) is 17.6. The number of rotatable bonds is 19. The minimum atomic E-state index is -2.09. The number of carbonyl (C=O) groups is 5. The Morgan fingerprint density at radius 1 is 0.841 bits per heavy atom. The predicted molar refractivity (Wildman–Crippen MR) is 282 cm³/mol. The Kier molecular flexibility index (Phi) is 51.1. The van der Waals surface area contributed by atoms with Gasteiger partial charge in [0.25, 0.3) is 11.7 Å². The highest BCUT2D eigenvalue weighted by atomic mass is 32.2. The summed E-state index contributed by atoms with van der Waals surface area (Å²) in [5, 5.41) is 19.4. The summed E-state index contributed by atoms with van der Waals surface area (Å²) < 4.78 is 28.8. The van der Waals surface area contributed by atoms with Gasteiger partial charge in [-0.3, -0.25) is 19.2 Å². The summed E-state index contributed by atoms with van der Waals surface area (Å²) in [5.74, 6) is -4.57. The molecular weight excluding hydrogens is 903 g/mol. The minimum absolute atomic E-state index is 0.00516. The number of Topliss-reactive ketones (excluding diaryl/α,β-unsaturated/α-hetero) is 3. The highest BCUT2D eigenvalue weighted by molar-refractivity contribution is 7.93. The fourth-order valence-corrected chi connectivity index (χ4v) is 7.07. The van der Waals surface area contributed by atoms with E-state index in [2.05, 4.69) is 40.2 Å². The third kappa shape index (κ3) is 36.5. The molecule has 1 amide bonds. The Bertz CT molecular complexity index is 1440. The first-order valence-electron chi connectivity index (χ1n) is 25.0. The molecule has 2 heterocycles. The highest BCUT2D eigenvalue weighted by Gasteiger charge is 2.50. The SMILES string of the molecule is CC.CC/C(C)=C/C=C/C=C/CCC(C)C(=O)CC(OSC)/C(C)=C/CC(C)=O.CCCOC(=O)C1CCCCN1C(=O)C(=O)C1(O)OCCCC1C.COC.COC.COC.OC1CCCCC1. The van der Waals surface area contributed by atoms with Crippen LogP contribution >= 0.6 is 12.0 Å². The summed E-state index contributed by atoms with van der Waals surface area (Å²) in [6.07, 6.45) is 27.2. The van der Waals surface area contributed by atoms with E-state index in [0.29, 0.717) is 45.1 Å². The monoisotopic (exact) mass is 1000 g/mol. The van der Waals surface area contributed by atoms with E-state index in [9.17, 15) is 29.1 Å². The zero-order chi connectivity index (χ0) is 53.6. The number of nitrogens with zero attached hydrogens (tertiary/aromatic N) is 1. The zero-order valence-electron chi connectivity index (χ0n) is 46.0. The summed E-state index contributed by atoms with van der Waals surface area (Å²) in [5.41, 5.74) is 2.30. The number of ether oxygens (including phenoxy) is 5. The van der Waals surface area contributed by atoms with Gasteiger partial charge in [0.1, 0.15) is 17.6 Å². The van der Waals surface area contributed by atoms with Crippen LogP contribution in [-0.4, -0.2) is 137 Å². The first-order chi connectivity index (χ1) is 32.9. The van der Waals surface area contributed by atoms with Crippen molar-refractivity contribution >= 4 is 41.3 Å². The topological polar surface area (TPSA) is 184 Å². The Morgan fingerprint density at radius 2 is 1.42 bits per heavy atom. The summed E-state index contributed by atoms with van der Waals surface area (Å²) in [4.78, 5) is 62.4. The van der Waals surface area contributed by atoms with E-state index in [1.165, 1.54) is 41.8 Å². The maximum atomic E-state index is 12.7. The average Bonchev–Trinajstić information content (AvgIpc) is 3.34. The molecule has 3 rings (SSSR count). The van der Waals surface area contributed by atoms with Crippen LogP contribution in [0.2, 0.25) is 0 Å². The summed E-state index contributed by atoms with van der Waals surface area (Å²) in [7, 11) is 9.75. The molecule has 2 saturated heterocycles. The van der Waals surface area contributed by atoms with Gasteiger partial charge in [0.05, 0.1) is 25.4 Å². The van der Waals surface area contributed by atoms with Crippen molar-refractivity contribution < 1.29 is 62.1 Å². The van der Waals surface area contributed by atoms with Crippen LogP contribution in [0, 0.1) is 11.8 Å². The molecule has 0 radical (unpaired) electrons. The number of likely N-dealkylation sites (tertiary alicyclic amines) is 1. The van der Waals surface area contributed by atoms with Gasteiger partial charge >= 0.3 is 5.97 Å². The zero-order valence-corrected chi connectivity index (χ0v) is 46.8. The van der Waals surface area contributed by atoms with Gasteiger partial charge in [-0.15, -0.1) is 0 Å². The van der Waals surface area contributed by atoms with Gasteiger partial charge in [-0.05, 0) is 109 Å². The van der Waals surface area contributed by atoms with Crippen molar-refractivity contribution in [2.24, 2.45) is 11.8 Å². The number of aliphatic hydroxyl groups excluding tert-OH is 1. The van der Waals surface area contributed by atoms with Crippen LogP contribution in [0.1, 0.15) is 165 Å². The smallest absolute Gasteiger partial charge is 0.328 e. The lowest BCUT2D eigenvalue weighted by Crippen LogP contribution is -2.59. The number of hydrogen-bond donors (Lipinski definition) is 2. The fraction of sp³-hybridized carbons (Fsp3) is 0.759. The Morgan fingerprint density at radius 3 is 1.91 bits per heavy atom. The van der Waals surface area contributed by atoms with Crippen LogP contribution in [0.3, 0.4) is 0 Å². The first kappa shape index (κ1) is 72.5. The van der Waals surface area contributed by atoms with Gasteiger partial charge in [0.15, 0.2) is 0 Å². The molecule has 0 bridgehead atoms. The minimum Gasteiger partial charge on any atom is -0.464 e. The summed E-state index contributed by atoms with van der Waals surface area (Å²) in [6, 6.07) is -0.760. The number of amides is 1. The summed E-state index contributed by atoms with van der Waals surface area (Å²) >= 11 is 1.26. The van der Waals surface area contributed by atoms with Crippen LogP contribution in [0.5, 0.6) is 0 Å². The molecule has 5 unspecified atom stereocenters. The molecule has 69 heavy (non-hydrogen) atoms. The molecule has 0 aromatic rings. The molecule has 2 aliphatic heterocycles. The molecule has 0 aromatic carbocycles. The van der Waals surface area contributed by atoms with Crippen molar-refractivity contribution in [3.05, 3.63) is 47.6 Å². The second kappa shape index (κ2) is 48.6. The molecule has 1 aliphatic carbocycles. The number of carbonyl (C=O) groups excluding carboxylic acids is 5. The number of allylic oxidation sites excluding steroid dienone is 7. The van der Waals surface area contributed by atoms with E-state index in [1.807, 2.05) is 65.2 Å².